The highest BCUT2D eigenvalue weighted by atomic mass is 16.4. The van der Waals surface area contributed by atoms with E-state index in [4.69, 9.17) is 10.8 Å². The summed E-state index contributed by atoms with van der Waals surface area (Å²) in [7, 11) is 0. The van der Waals surface area contributed by atoms with Crippen LogP contribution in [0.3, 0.4) is 0 Å². The van der Waals surface area contributed by atoms with Crippen LogP contribution >= 0.6 is 0 Å². The third kappa shape index (κ3) is 7.24. The highest BCUT2D eigenvalue weighted by Crippen LogP contribution is 1.72. The van der Waals surface area contributed by atoms with Crippen LogP contribution in [0.15, 0.2) is 0 Å². The first-order chi connectivity index (χ1) is 5.16. The first-order valence-corrected chi connectivity index (χ1v) is 3.55. The molecule has 0 aromatic heterocycles. The van der Waals surface area contributed by atoms with Crippen LogP contribution in [0.2, 0.25) is 0 Å². The fourth-order valence-corrected chi connectivity index (χ4v) is 0.612. The molecule has 0 saturated heterocycles. The van der Waals surface area contributed by atoms with E-state index >= 15 is 0 Å². The Hall–Kier alpha value is -0.650. The molecule has 0 aliphatic rings. The van der Waals surface area contributed by atoms with E-state index in [1.165, 1.54) is 0 Å². The zero-order valence-corrected chi connectivity index (χ0v) is 6.63. The van der Waals surface area contributed by atoms with Crippen molar-refractivity contribution in [2.45, 2.75) is 13.1 Å². The molecule has 5 nitrogen and oxygen atoms in total. The lowest BCUT2D eigenvalue weighted by atomic mass is 10.5. The molecule has 0 radical (unpaired) electrons. The first-order valence-electron chi connectivity index (χ1n) is 3.55. The average molecular weight is 161 g/mol. The molecule has 0 bridgehead atoms. The van der Waals surface area contributed by atoms with Gasteiger partial charge in [0.25, 0.3) is 0 Å². The van der Waals surface area contributed by atoms with Crippen molar-refractivity contribution < 1.29 is 9.90 Å². The lowest BCUT2D eigenvalue weighted by molar-refractivity contribution is -0.136. The van der Waals surface area contributed by atoms with E-state index < -0.39 is 5.97 Å². The highest BCUT2D eigenvalue weighted by molar-refractivity contribution is 5.69. The van der Waals surface area contributed by atoms with Gasteiger partial charge in [0.2, 0.25) is 0 Å². The molecule has 0 amide bonds. The number of nitrogens with two attached hydrogens (primary N) is 1. The van der Waals surface area contributed by atoms with Gasteiger partial charge in [-0.05, 0) is 6.92 Å². The van der Waals surface area contributed by atoms with Crippen molar-refractivity contribution in [1.29, 1.82) is 0 Å². The van der Waals surface area contributed by atoms with Crippen molar-refractivity contribution in [1.82, 2.24) is 10.6 Å². The predicted octanol–water partition coefficient (Wildman–Crippen LogP) is -1.45. The summed E-state index contributed by atoms with van der Waals surface area (Å²) in [5, 5.41) is 14.0. The molecule has 1 atom stereocenters. The largest absolute Gasteiger partial charge is 0.480 e. The second-order valence-electron chi connectivity index (χ2n) is 2.24. The average Bonchev–Trinajstić information content (AvgIpc) is 1.97. The molecule has 66 valence electrons. The van der Waals surface area contributed by atoms with E-state index in [-0.39, 0.29) is 12.7 Å². The maximum atomic E-state index is 10.1. The third-order valence-corrected chi connectivity index (χ3v) is 1.15. The molecule has 5 heteroatoms. The Kier molecular flexibility index (Phi) is 5.73. The van der Waals surface area contributed by atoms with Crippen LogP contribution in [0.25, 0.3) is 0 Å². The lowest BCUT2D eigenvalue weighted by Crippen LogP contribution is -2.43. The quantitative estimate of drug-likeness (QED) is 0.358. The predicted molar refractivity (Wildman–Crippen MR) is 42.2 cm³/mol. The summed E-state index contributed by atoms with van der Waals surface area (Å²) < 4.78 is 0. The summed E-state index contributed by atoms with van der Waals surface area (Å²) in [6.07, 6.45) is -0.00495. The molecule has 0 aromatic carbocycles. The maximum Gasteiger partial charge on any atom is 0.317 e. The van der Waals surface area contributed by atoms with Gasteiger partial charge in [0.1, 0.15) is 0 Å². The van der Waals surface area contributed by atoms with Gasteiger partial charge in [-0.1, -0.05) is 0 Å². The standard InChI is InChI=1S/C6H15N3O2/c1-5(8-3-2-7)9-4-6(10)11/h5,8-9H,2-4,7H2,1H3,(H,10,11). The van der Waals surface area contributed by atoms with E-state index in [9.17, 15) is 4.79 Å². The van der Waals surface area contributed by atoms with Crippen LogP contribution in [0, 0.1) is 0 Å². The van der Waals surface area contributed by atoms with Crippen LogP contribution < -0.4 is 16.4 Å². The normalized spacial score (nSPS) is 12.9. The SMILES string of the molecule is CC(NCCN)NCC(=O)O. The number of carboxylic acids is 1. The Morgan fingerprint density at radius 3 is 2.73 bits per heavy atom. The van der Waals surface area contributed by atoms with Gasteiger partial charge in [-0.3, -0.25) is 10.1 Å². The molecule has 0 spiro atoms. The Bertz CT molecular complexity index is 118. The molecule has 5 N–H and O–H groups in total. The van der Waals surface area contributed by atoms with E-state index in [1.807, 2.05) is 6.92 Å². The van der Waals surface area contributed by atoms with Gasteiger partial charge in [-0.25, -0.2) is 0 Å². The van der Waals surface area contributed by atoms with E-state index in [0.717, 1.165) is 0 Å². The van der Waals surface area contributed by atoms with Gasteiger partial charge >= 0.3 is 5.97 Å². The Morgan fingerprint density at radius 2 is 2.27 bits per heavy atom. The summed E-state index contributed by atoms with van der Waals surface area (Å²) in [5.74, 6) is -0.855. The second-order valence-corrected chi connectivity index (χ2v) is 2.24. The van der Waals surface area contributed by atoms with Crippen LogP contribution in [-0.2, 0) is 4.79 Å². The summed E-state index contributed by atoms with van der Waals surface area (Å²) >= 11 is 0. The summed E-state index contributed by atoms with van der Waals surface area (Å²) in [5.41, 5.74) is 5.23. The van der Waals surface area contributed by atoms with Crippen LogP contribution in [0.4, 0.5) is 0 Å². The number of nitrogens with one attached hydrogen (secondary N) is 2. The smallest absolute Gasteiger partial charge is 0.317 e. The Balaban J connectivity index is 3.22. The fraction of sp³-hybridized carbons (Fsp3) is 0.833. The van der Waals surface area contributed by atoms with Gasteiger partial charge < -0.3 is 16.2 Å². The van der Waals surface area contributed by atoms with Crippen LogP contribution in [0.5, 0.6) is 0 Å². The van der Waals surface area contributed by atoms with Crippen molar-refractivity contribution in [2.24, 2.45) is 5.73 Å². The van der Waals surface area contributed by atoms with Gasteiger partial charge in [-0.2, -0.15) is 0 Å². The molecule has 0 rings (SSSR count). The molecule has 1 unspecified atom stereocenters. The second kappa shape index (κ2) is 6.09. The molecular formula is C6H15N3O2. The zero-order chi connectivity index (χ0) is 8.69. The first kappa shape index (κ1) is 10.3. The summed E-state index contributed by atoms with van der Waals surface area (Å²) in [6, 6.07) is 0. The number of aliphatic carboxylic acids is 1. The van der Waals surface area contributed by atoms with Crippen molar-refractivity contribution in [3.63, 3.8) is 0 Å². The molecule has 0 aromatic rings. The van der Waals surface area contributed by atoms with Crippen LogP contribution in [0.1, 0.15) is 6.92 Å². The fourth-order valence-electron chi connectivity index (χ4n) is 0.612. The van der Waals surface area contributed by atoms with E-state index in [2.05, 4.69) is 10.6 Å². The molecule has 0 fully saturated rings. The summed E-state index contributed by atoms with van der Waals surface area (Å²) in [6.45, 7) is 3.06. The van der Waals surface area contributed by atoms with Crippen molar-refractivity contribution in [2.75, 3.05) is 19.6 Å². The lowest BCUT2D eigenvalue weighted by Gasteiger charge is -2.12. The zero-order valence-electron chi connectivity index (χ0n) is 6.63. The van der Waals surface area contributed by atoms with Gasteiger partial charge in [0.15, 0.2) is 0 Å². The molecule has 0 aliphatic carbocycles. The monoisotopic (exact) mass is 161 g/mol. The molecule has 11 heavy (non-hydrogen) atoms. The van der Waals surface area contributed by atoms with Gasteiger partial charge in [-0.15, -0.1) is 0 Å². The number of hydrogen-bond donors (Lipinski definition) is 4. The summed E-state index contributed by atoms with van der Waals surface area (Å²) in [4.78, 5) is 10.1. The Labute approximate surface area is 66.0 Å². The van der Waals surface area contributed by atoms with Crippen LogP contribution in [-0.4, -0.2) is 36.9 Å². The van der Waals surface area contributed by atoms with Gasteiger partial charge in [0, 0.05) is 13.1 Å². The minimum atomic E-state index is -0.855. The highest BCUT2D eigenvalue weighted by Gasteiger charge is 2.00. The molecule has 0 heterocycles. The minimum absolute atomic E-state index is 0.00495. The van der Waals surface area contributed by atoms with Crippen molar-refractivity contribution in [3.8, 4) is 0 Å². The maximum absolute atomic E-state index is 10.1. The van der Waals surface area contributed by atoms with E-state index in [1.54, 1.807) is 0 Å². The third-order valence-electron chi connectivity index (χ3n) is 1.15. The van der Waals surface area contributed by atoms with Gasteiger partial charge in [0.05, 0.1) is 12.7 Å². The van der Waals surface area contributed by atoms with E-state index in [0.29, 0.717) is 13.1 Å². The van der Waals surface area contributed by atoms with Crippen molar-refractivity contribution >= 4 is 5.97 Å². The number of rotatable bonds is 6. The number of hydrogen-bond acceptors (Lipinski definition) is 4. The van der Waals surface area contributed by atoms with Crippen molar-refractivity contribution in [3.05, 3.63) is 0 Å². The topological polar surface area (TPSA) is 87.4 Å². The molecular weight excluding hydrogens is 146 g/mol. The molecule has 0 aliphatic heterocycles. The Morgan fingerprint density at radius 1 is 1.64 bits per heavy atom. The minimum Gasteiger partial charge on any atom is -0.480 e. The number of carbonyl (C=O) groups is 1. The number of carboxylic acid groups (broad SMARTS) is 1. The molecule has 0 saturated carbocycles.